The molecule has 0 amide bonds. The molecule has 1 unspecified atom stereocenters. The maximum absolute atomic E-state index is 3.59. The highest BCUT2D eigenvalue weighted by atomic mass is 15.2. The summed E-state index contributed by atoms with van der Waals surface area (Å²) in [6, 6.07) is 78.7. The molecule has 2 N–H and O–H groups in total. The van der Waals surface area contributed by atoms with Gasteiger partial charge in [0, 0.05) is 23.6 Å². The van der Waals surface area contributed by atoms with Crippen molar-refractivity contribution in [3.63, 3.8) is 0 Å². The van der Waals surface area contributed by atoms with Gasteiger partial charge in [0.1, 0.15) is 0 Å². The minimum Gasteiger partial charge on any atom is -0.381 e. The summed E-state index contributed by atoms with van der Waals surface area (Å²) < 4.78 is 0. The van der Waals surface area contributed by atoms with Crippen LogP contribution in [0.5, 0.6) is 0 Å². The molecule has 330 valence electrons. The molecule has 4 heteroatoms. The van der Waals surface area contributed by atoms with Crippen LogP contribution in [0.4, 0.5) is 34.1 Å². The summed E-state index contributed by atoms with van der Waals surface area (Å²) in [4.78, 5) is 5.12. The van der Waals surface area contributed by atoms with E-state index >= 15 is 0 Å². The Hall–Kier alpha value is -8.86. The first-order chi connectivity index (χ1) is 34.7. The molecular weight excluding hydrogens is 849 g/mol. The van der Waals surface area contributed by atoms with Crippen LogP contribution in [0, 0.1) is 0 Å². The van der Waals surface area contributed by atoms with Crippen molar-refractivity contribution < 1.29 is 0 Å². The van der Waals surface area contributed by atoms with Gasteiger partial charge in [0.15, 0.2) is 0 Å². The average molecular weight is 895 g/mol. The summed E-state index contributed by atoms with van der Waals surface area (Å²) in [5.74, 6) is 0. The molecule has 0 fully saturated rings. The number of hydrogen-bond donors (Lipinski definition) is 2. The number of anilines is 6. The van der Waals surface area contributed by atoms with Gasteiger partial charge in [-0.25, -0.2) is 0 Å². The molecule has 2 aliphatic carbocycles. The monoisotopic (exact) mass is 894 g/mol. The smallest absolute Gasteiger partial charge is 0.0755 e. The molecule has 0 radical (unpaired) electrons. The predicted octanol–water partition coefficient (Wildman–Crippen LogP) is 15.2. The fourth-order valence-corrected chi connectivity index (χ4v) is 13.2. The zero-order valence-corrected chi connectivity index (χ0v) is 38.4. The Morgan fingerprint density at radius 3 is 1.29 bits per heavy atom. The van der Waals surface area contributed by atoms with Crippen LogP contribution in [0.3, 0.4) is 0 Å². The molecular formula is C66H46N4. The van der Waals surface area contributed by atoms with Crippen molar-refractivity contribution in [1.82, 2.24) is 10.6 Å². The first kappa shape index (κ1) is 39.2. The highest BCUT2D eigenvalue weighted by Crippen LogP contribution is 2.68. The van der Waals surface area contributed by atoms with Gasteiger partial charge >= 0.3 is 0 Å². The summed E-state index contributed by atoms with van der Waals surface area (Å²) in [6.45, 7) is 0.821. The van der Waals surface area contributed by atoms with E-state index in [1.54, 1.807) is 0 Å². The molecule has 15 rings (SSSR count). The summed E-state index contributed by atoms with van der Waals surface area (Å²) >= 11 is 0. The molecule has 4 aliphatic heterocycles. The van der Waals surface area contributed by atoms with E-state index in [2.05, 4.69) is 263 Å². The topological polar surface area (TPSA) is 30.5 Å². The number of benzene rings is 9. The van der Waals surface area contributed by atoms with Gasteiger partial charge in [0.25, 0.3) is 0 Å². The van der Waals surface area contributed by atoms with E-state index in [1.807, 2.05) is 6.20 Å². The Labute approximate surface area is 408 Å². The standard InChI is InChI=1S/C66H46N4/c1-5-21-51-47(17-1)48-18-2-6-22-52(48)65(51)55-25-9-11-29-61(55)69(45-35-31-43(32-36-45)59-27-13-15-39-67-59)63-42-58-64(41-57(63)65)70(46-37-33-44(34-38-46)60-28-14-16-40-68-60)62-30-12-10-26-56(62)66(58)53-23-7-3-19-49(53)50-20-4-8-24-54(50)66/h1-39,41-42,59,67-68H,40H2. The van der Waals surface area contributed by atoms with Crippen molar-refractivity contribution in [3.8, 4) is 22.3 Å². The van der Waals surface area contributed by atoms with Crippen LogP contribution in [0.15, 0.2) is 249 Å². The SMILES string of the molecule is C1=CCNC(c2ccc(N3c4ccccc4C4(c5ccccc5-c5ccccc54)c4cc5c(cc43)C3(c4ccccc4-c4ccccc43)c3ccccc3N5c3ccc(C4C=CC=CN4)cc3)cc2)=C1. The molecule has 0 saturated carbocycles. The lowest BCUT2D eigenvalue weighted by atomic mass is 9.61. The molecule has 0 aromatic heterocycles. The van der Waals surface area contributed by atoms with E-state index in [0.717, 1.165) is 23.6 Å². The van der Waals surface area contributed by atoms with Crippen molar-refractivity contribution in [2.45, 2.75) is 16.9 Å². The van der Waals surface area contributed by atoms with Gasteiger partial charge in [0.2, 0.25) is 0 Å². The van der Waals surface area contributed by atoms with Crippen LogP contribution >= 0.6 is 0 Å². The maximum Gasteiger partial charge on any atom is 0.0755 e. The third-order valence-electron chi connectivity index (χ3n) is 15.9. The highest BCUT2D eigenvalue weighted by Gasteiger charge is 2.56. The van der Waals surface area contributed by atoms with Gasteiger partial charge in [0.05, 0.1) is 39.6 Å². The normalized spacial score (nSPS) is 17.3. The van der Waals surface area contributed by atoms with E-state index in [0.29, 0.717) is 0 Å². The molecule has 0 saturated heterocycles. The van der Waals surface area contributed by atoms with Crippen LogP contribution in [-0.2, 0) is 10.8 Å². The molecule has 70 heavy (non-hydrogen) atoms. The lowest BCUT2D eigenvalue weighted by molar-refractivity contribution is 0.730. The quantitative estimate of drug-likeness (QED) is 0.184. The molecule has 4 nitrogen and oxygen atoms in total. The first-order valence-electron chi connectivity index (χ1n) is 24.5. The minimum absolute atomic E-state index is 0.108. The van der Waals surface area contributed by atoms with Crippen LogP contribution in [0.2, 0.25) is 0 Å². The third-order valence-corrected chi connectivity index (χ3v) is 15.9. The number of para-hydroxylation sites is 2. The van der Waals surface area contributed by atoms with Crippen LogP contribution in [0.1, 0.15) is 61.7 Å². The number of dihydropyridines is 2. The zero-order chi connectivity index (χ0) is 46.0. The van der Waals surface area contributed by atoms with E-state index in [-0.39, 0.29) is 6.04 Å². The second-order valence-corrected chi connectivity index (χ2v) is 19.2. The molecule has 9 aromatic rings. The van der Waals surface area contributed by atoms with Crippen LogP contribution in [0.25, 0.3) is 28.0 Å². The first-order valence-corrected chi connectivity index (χ1v) is 24.5. The van der Waals surface area contributed by atoms with Gasteiger partial charge in [-0.1, -0.05) is 182 Å². The number of nitrogens with zero attached hydrogens (tertiary/aromatic N) is 2. The van der Waals surface area contributed by atoms with Gasteiger partial charge in [-0.05, 0) is 145 Å². The van der Waals surface area contributed by atoms with Crippen molar-refractivity contribution in [2.75, 3.05) is 16.3 Å². The number of fused-ring (bicyclic) bond motifs is 18. The summed E-state index contributed by atoms with van der Waals surface area (Å²) in [5.41, 5.74) is 24.6. The Morgan fingerprint density at radius 1 is 0.400 bits per heavy atom. The predicted molar refractivity (Wildman–Crippen MR) is 287 cm³/mol. The molecule has 2 spiro atoms. The van der Waals surface area contributed by atoms with Crippen molar-refractivity contribution in [2.24, 2.45) is 0 Å². The maximum atomic E-state index is 3.59. The largest absolute Gasteiger partial charge is 0.381 e. The molecule has 9 aromatic carbocycles. The second-order valence-electron chi connectivity index (χ2n) is 19.2. The van der Waals surface area contributed by atoms with Gasteiger partial charge in [-0.2, -0.15) is 0 Å². The Balaban J connectivity index is 1.08. The van der Waals surface area contributed by atoms with Crippen molar-refractivity contribution in [1.29, 1.82) is 0 Å². The van der Waals surface area contributed by atoms with E-state index < -0.39 is 10.8 Å². The van der Waals surface area contributed by atoms with Gasteiger partial charge in [-0.15, -0.1) is 0 Å². The van der Waals surface area contributed by atoms with Gasteiger partial charge in [-0.3, -0.25) is 0 Å². The second kappa shape index (κ2) is 14.8. The number of allylic oxidation sites excluding steroid dienone is 4. The summed E-state index contributed by atoms with van der Waals surface area (Å²) in [7, 11) is 0. The van der Waals surface area contributed by atoms with Crippen LogP contribution in [-0.4, -0.2) is 6.54 Å². The number of rotatable bonds is 4. The number of hydrogen-bond acceptors (Lipinski definition) is 4. The van der Waals surface area contributed by atoms with Gasteiger partial charge < -0.3 is 20.4 Å². The lowest BCUT2D eigenvalue weighted by Crippen LogP contribution is -2.40. The van der Waals surface area contributed by atoms with Crippen molar-refractivity contribution >= 4 is 39.8 Å². The molecule has 0 bridgehead atoms. The third kappa shape index (κ3) is 5.14. The zero-order valence-electron chi connectivity index (χ0n) is 38.4. The fourth-order valence-electron chi connectivity index (χ4n) is 13.2. The molecule has 1 atom stereocenters. The number of nitrogens with one attached hydrogen (secondary N) is 2. The Bertz CT molecular complexity index is 3690. The van der Waals surface area contributed by atoms with Crippen molar-refractivity contribution in [3.05, 3.63) is 305 Å². The molecule has 6 aliphatic rings. The Kier molecular flexibility index (Phi) is 8.29. The van der Waals surface area contributed by atoms with E-state index in [4.69, 9.17) is 0 Å². The fraction of sp³-hybridized carbons (Fsp3) is 0.0606. The Morgan fingerprint density at radius 2 is 0.843 bits per heavy atom. The minimum atomic E-state index is -0.634. The van der Waals surface area contributed by atoms with E-state index in [9.17, 15) is 0 Å². The lowest BCUT2D eigenvalue weighted by Gasteiger charge is -2.49. The highest BCUT2D eigenvalue weighted by molar-refractivity contribution is 6.01. The summed E-state index contributed by atoms with van der Waals surface area (Å²) in [6.07, 6.45) is 14.9. The van der Waals surface area contributed by atoms with Crippen LogP contribution < -0.4 is 20.4 Å². The average Bonchev–Trinajstić information content (AvgIpc) is 3.90. The molecule has 4 heterocycles. The summed E-state index contributed by atoms with van der Waals surface area (Å²) in [5, 5.41) is 7.14. The van der Waals surface area contributed by atoms with E-state index in [1.165, 1.54) is 101 Å².